The number of ether oxygens (including phenoxy) is 1. The molecule has 0 saturated heterocycles. The topological polar surface area (TPSA) is 70.0 Å². The second kappa shape index (κ2) is 11.1. The highest BCUT2D eigenvalue weighted by atomic mass is 19.1. The Morgan fingerprint density at radius 3 is 2.70 bits per heavy atom. The maximum atomic E-state index is 13.2. The Hall–Kier alpha value is -1.50. The van der Waals surface area contributed by atoms with Gasteiger partial charge in [0.15, 0.2) is 0 Å². The fourth-order valence-electron chi connectivity index (χ4n) is 2.39. The van der Waals surface area contributed by atoms with Crippen LogP contribution >= 0.6 is 0 Å². The highest BCUT2D eigenvalue weighted by Gasteiger charge is 2.16. The number of rotatable bonds is 11. The van der Waals surface area contributed by atoms with Crippen molar-refractivity contribution in [3.63, 3.8) is 0 Å². The highest BCUT2D eigenvalue weighted by Crippen LogP contribution is 2.14. The molecule has 0 bridgehead atoms. The molecule has 0 aliphatic heterocycles. The molecular weight excluding hydrogens is 301 g/mol. The number of halogens is 1. The van der Waals surface area contributed by atoms with Crippen LogP contribution < -0.4 is 0 Å². The lowest BCUT2D eigenvalue weighted by atomic mass is 9.97. The van der Waals surface area contributed by atoms with E-state index >= 15 is 0 Å². The Kier molecular flexibility index (Phi) is 9.43. The van der Waals surface area contributed by atoms with Gasteiger partial charge in [-0.1, -0.05) is 19.1 Å². The van der Waals surface area contributed by atoms with E-state index in [0.29, 0.717) is 26.0 Å². The smallest absolute Gasteiger partial charge is 0.223 e. The van der Waals surface area contributed by atoms with Crippen LogP contribution in [0.1, 0.15) is 18.9 Å². The van der Waals surface area contributed by atoms with E-state index < -0.39 is 0 Å². The van der Waals surface area contributed by atoms with Crippen LogP contribution in [0.25, 0.3) is 0 Å². The summed E-state index contributed by atoms with van der Waals surface area (Å²) < 4.78 is 18.3. The van der Waals surface area contributed by atoms with E-state index in [1.54, 1.807) is 11.0 Å². The molecule has 130 valence electrons. The van der Waals surface area contributed by atoms with Gasteiger partial charge in [-0.05, 0) is 30.0 Å². The van der Waals surface area contributed by atoms with Gasteiger partial charge in [-0.3, -0.25) is 4.79 Å². The van der Waals surface area contributed by atoms with Crippen molar-refractivity contribution in [1.29, 1.82) is 0 Å². The minimum Gasteiger partial charge on any atom is -0.395 e. The Labute approximate surface area is 136 Å². The summed E-state index contributed by atoms with van der Waals surface area (Å²) in [6, 6.07) is 6.39. The molecule has 0 aliphatic rings. The fourth-order valence-corrected chi connectivity index (χ4v) is 2.39. The van der Waals surface area contributed by atoms with Crippen molar-refractivity contribution in [3.8, 4) is 0 Å². The highest BCUT2D eigenvalue weighted by molar-refractivity contribution is 5.76. The summed E-state index contributed by atoms with van der Waals surface area (Å²) in [7, 11) is 0. The van der Waals surface area contributed by atoms with Gasteiger partial charge in [-0.15, -0.1) is 0 Å². The fraction of sp³-hybridized carbons (Fsp3) is 0.588. The molecule has 1 aromatic rings. The Bertz CT molecular complexity index is 470. The first-order valence-electron chi connectivity index (χ1n) is 7.88. The average molecular weight is 327 g/mol. The molecule has 23 heavy (non-hydrogen) atoms. The van der Waals surface area contributed by atoms with Gasteiger partial charge >= 0.3 is 0 Å². The lowest BCUT2D eigenvalue weighted by Crippen LogP contribution is -2.37. The third-order valence-electron chi connectivity index (χ3n) is 3.46. The molecular formula is C17H26FNO4. The van der Waals surface area contributed by atoms with Crippen LogP contribution in [-0.4, -0.2) is 60.5 Å². The molecule has 1 rings (SSSR count). The number of carbonyl (C=O) groups excluding carboxylic acids is 1. The summed E-state index contributed by atoms with van der Waals surface area (Å²) in [5, 5.41) is 17.7. The zero-order chi connectivity index (χ0) is 17.1. The van der Waals surface area contributed by atoms with E-state index in [1.807, 2.05) is 13.0 Å². The van der Waals surface area contributed by atoms with Gasteiger partial charge in [-0.2, -0.15) is 0 Å². The van der Waals surface area contributed by atoms with Crippen molar-refractivity contribution in [2.45, 2.75) is 19.8 Å². The third kappa shape index (κ3) is 8.06. The van der Waals surface area contributed by atoms with Crippen LogP contribution in [0.15, 0.2) is 24.3 Å². The summed E-state index contributed by atoms with van der Waals surface area (Å²) in [5.74, 6) is -0.261. The molecule has 0 radical (unpaired) electrons. The van der Waals surface area contributed by atoms with Crippen molar-refractivity contribution < 1.29 is 24.1 Å². The maximum absolute atomic E-state index is 13.2. The summed E-state index contributed by atoms with van der Waals surface area (Å²) in [6.07, 6.45) is 0.952. The van der Waals surface area contributed by atoms with E-state index in [9.17, 15) is 9.18 Å². The number of nitrogens with zero attached hydrogens (tertiary/aromatic N) is 1. The SMILES string of the molecule is C[C@@H](CC(=O)N(CCO)CCOCCO)Cc1cccc(F)c1. The monoisotopic (exact) mass is 327 g/mol. The van der Waals surface area contributed by atoms with Gasteiger partial charge < -0.3 is 19.8 Å². The zero-order valence-electron chi connectivity index (χ0n) is 13.6. The number of hydrogen-bond acceptors (Lipinski definition) is 4. The van der Waals surface area contributed by atoms with E-state index in [0.717, 1.165) is 5.56 Å². The van der Waals surface area contributed by atoms with Crippen molar-refractivity contribution in [3.05, 3.63) is 35.6 Å². The molecule has 0 aliphatic carbocycles. The molecule has 1 amide bonds. The predicted molar refractivity (Wildman–Crippen MR) is 85.5 cm³/mol. The van der Waals surface area contributed by atoms with E-state index in [1.165, 1.54) is 12.1 Å². The van der Waals surface area contributed by atoms with Gasteiger partial charge in [-0.25, -0.2) is 4.39 Å². The van der Waals surface area contributed by atoms with Crippen molar-refractivity contribution in [1.82, 2.24) is 4.90 Å². The summed E-state index contributed by atoms with van der Waals surface area (Å²) in [5.41, 5.74) is 0.866. The lowest BCUT2D eigenvalue weighted by molar-refractivity contribution is -0.133. The Morgan fingerprint density at radius 2 is 2.04 bits per heavy atom. The molecule has 1 aromatic carbocycles. The number of aliphatic hydroxyl groups excluding tert-OH is 2. The van der Waals surface area contributed by atoms with E-state index in [-0.39, 0.29) is 44.0 Å². The second-order valence-corrected chi connectivity index (χ2v) is 5.58. The van der Waals surface area contributed by atoms with Crippen LogP contribution in [0.5, 0.6) is 0 Å². The first kappa shape index (κ1) is 19.5. The molecule has 0 fully saturated rings. The van der Waals surface area contributed by atoms with Crippen LogP contribution in [-0.2, 0) is 16.0 Å². The molecule has 0 spiro atoms. The average Bonchev–Trinajstić information content (AvgIpc) is 2.50. The van der Waals surface area contributed by atoms with Crippen LogP contribution in [0.2, 0.25) is 0 Å². The van der Waals surface area contributed by atoms with Crippen LogP contribution in [0.4, 0.5) is 4.39 Å². The second-order valence-electron chi connectivity index (χ2n) is 5.58. The van der Waals surface area contributed by atoms with Gasteiger partial charge in [0, 0.05) is 19.5 Å². The van der Waals surface area contributed by atoms with Crippen molar-refractivity contribution in [2.75, 3.05) is 39.5 Å². The van der Waals surface area contributed by atoms with Crippen LogP contribution in [0.3, 0.4) is 0 Å². The van der Waals surface area contributed by atoms with Gasteiger partial charge in [0.2, 0.25) is 5.91 Å². The maximum Gasteiger partial charge on any atom is 0.223 e. The van der Waals surface area contributed by atoms with Crippen molar-refractivity contribution >= 4 is 5.91 Å². The first-order valence-corrected chi connectivity index (χ1v) is 7.88. The number of benzene rings is 1. The number of carbonyl (C=O) groups is 1. The molecule has 0 saturated carbocycles. The Balaban J connectivity index is 2.45. The zero-order valence-corrected chi connectivity index (χ0v) is 13.6. The van der Waals surface area contributed by atoms with Crippen LogP contribution in [0, 0.1) is 11.7 Å². The number of amides is 1. The van der Waals surface area contributed by atoms with Gasteiger partial charge in [0.05, 0.1) is 26.4 Å². The minimum atomic E-state index is -0.274. The third-order valence-corrected chi connectivity index (χ3v) is 3.46. The summed E-state index contributed by atoms with van der Waals surface area (Å²) >= 11 is 0. The molecule has 5 nitrogen and oxygen atoms in total. The lowest BCUT2D eigenvalue weighted by Gasteiger charge is -2.23. The molecule has 1 atom stereocenters. The first-order chi connectivity index (χ1) is 11.1. The molecule has 0 heterocycles. The quantitative estimate of drug-likeness (QED) is 0.600. The Morgan fingerprint density at radius 1 is 1.26 bits per heavy atom. The molecule has 0 aromatic heterocycles. The van der Waals surface area contributed by atoms with Gasteiger partial charge in [0.1, 0.15) is 5.82 Å². The largest absolute Gasteiger partial charge is 0.395 e. The standard InChI is InChI=1S/C17H26FNO4/c1-14(11-15-3-2-4-16(18)13-15)12-17(22)19(5-7-20)6-9-23-10-8-21/h2-4,13-14,20-21H,5-12H2,1H3/t14-/m1/s1. The minimum absolute atomic E-state index is 0.0569. The summed E-state index contributed by atoms with van der Waals surface area (Å²) in [6.45, 7) is 2.98. The van der Waals surface area contributed by atoms with Crippen molar-refractivity contribution in [2.24, 2.45) is 5.92 Å². The number of aliphatic hydroxyl groups is 2. The van der Waals surface area contributed by atoms with Gasteiger partial charge in [0.25, 0.3) is 0 Å². The number of hydrogen-bond donors (Lipinski definition) is 2. The van der Waals surface area contributed by atoms with E-state index in [4.69, 9.17) is 14.9 Å². The molecule has 6 heteroatoms. The molecule has 0 unspecified atom stereocenters. The summed E-state index contributed by atoms with van der Waals surface area (Å²) in [4.78, 5) is 13.9. The predicted octanol–water partition coefficient (Wildman–Crippen LogP) is 1.22. The molecule has 2 N–H and O–H groups in total. The normalized spacial score (nSPS) is 12.2. The van der Waals surface area contributed by atoms with E-state index in [2.05, 4.69) is 0 Å².